The number of hydrogen-bond donors (Lipinski definition) is 2. The maximum atomic E-state index is 13.3. The molecule has 0 radical (unpaired) electrons. The summed E-state index contributed by atoms with van der Waals surface area (Å²) in [5, 5.41) is 3.44. The average molecular weight is 567 g/mol. The maximum Gasteiger partial charge on any atom is 0.252 e. The molecule has 2 aliphatic heterocycles. The van der Waals surface area contributed by atoms with Gasteiger partial charge in [-0.15, -0.1) is 0 Å². The van der Waals surface area contributed by atoms with Gasteiger partial charge < -0.3 is 15.0 Å². The molecule has 214 valence electrons. The maximum absolute atomic E-state index is 13.3. The highest BCUT2D eigenvalue weighted by atomic mass is 32.2. The Morgan fingerprint density at radius 1 is 1.02 bits per heavy atom. The van der Waals surface area contributed by atoms with Gasteiger partial charge in [-0.25, -0.2) is 8.42 Å². The number of sulfonamides is 1. The van der Waals surface area contributed by atoms with Crippen molar-refractivity contribution in [2.75, 3.05) is 39.3 Å². The summed E-state index contributed by atoms with van der Waals surface area (Å²) in [5.41, 5.74) is 1.42. The average Bonchev–Trinajstić information content (AvgIpc) is 2.97. The standard InChI is InChI=1S/C30H38N4O5S/c1-2-39-28-9-5-4-8-23(28)21-33-16-12-22(13-17-33)20-31-30(36)26-19-29(35)32-27-11-10-24(18-25(26)27)40(37,38)34-14-6-3-7-15-34/h4-5,8-11,18-19,22H,2-3,6-7,12-17,20-21H2,1H3,(H,31,36)(H,32,35). The molecule has 40 heavy (non-hydrogen) atoms. The molecule has 2 aromatic carbocycles. The lowest BCUT2D eigenvalue weighted by atomic mass is 9.96. The van der Waals surface area contributed by atoms with E-state index in [1.54, 1.807) is 6.07 Å². The summed E-state index contributed by atoms with van der Waals surface area (Å²) in [7, 11) is -3.67. The van der Waals surface area contributed by atoms with Gasteiger partial charge in [0.05, 0.1) is 17.1 Å². The van der Waals surface area contributed by atoms with Crippen LogP contribution in [-0.4, -0.2) is 67.8 Å². The lowest BCUT2D eigenvalue weighted by molar-refractivity contribution is 0.0936. The molecule has 3 heterocycles. The Balaban J connectivity index is 1.24. The van der Waals surface area contributed by atoms with E-state index in [0.717, 1.165) is 57.5 Å². The molecule has 0 unspecified atom stereocenters. The minimum absolute atomic E-state index is 0.140. The fraction of sp³-hybridized carbons (Fsp3) is 0.467. The molecule has 9 nitrogen and oxygen atoms in total. The van der Waals surface area contributed by atoms with Crippen LogP contribution in [0.3, 0.4) is 0 Å². The van der Waals surface area contributed by atoms with Crippen LogP contribution in [0.15, 0.2) is 58.2 Å². The van der Waals surface area contributed by atoms with Crippen molar-refractivity contribution in [3.05, 3.63) is 70.0 Å². The number of amides is 1. The van der Waals surface area contributed by atoms with Gasteiger partial charge in [0, 0.05) is 48.7 Å². The van der Waals surface area contributed by atoms with E-state index in [0.29, 0.717) is 43.1 Å². The number of nitrogens with one attached hydrogen (secondary N) is 2. The van der Waals surface area contributed by atoms with Gasteiger partial charge in [0.15, 0.2) is 0 Å². The zero-order valence-electron chi connectivity index (χ0n) is 23.0. The molecule has 0 saturated carbocycles. The first-order valence-electron chi connectivity index (χ1n) is 14.2. The lowest BCUT2D eigenvalue weighted by Gasteiger charge is -2.32. The van der Waals surface area contributed by atoms with E-state index in [1.807, 2.05) is 25.1 Å². The second kappa shape index (κ2) is 12.5. The van der Waals surface area contributed by atoms with Crippen molar-refractivity contribution >= 4 is 26.8 Å². The third-order valence-electron chi connectivity index (χ3n) is 7.94. The predicted octanol–water partition coefficient (Wildman–Crippen LogP) is 3.74. The number of aromatic amines is 1. The number of H-pyrrole nitrogens is 1. The van der Waals surface area contributed by atoms with Crippen molar-refractivity contribution < 1.29 is 17.9 Å². The molecule has 2 N–H and O–H groups in total. The molecule has 2 fully saturated rings. The summed E-state index contributed by atoms with van der Waals surface area (Å²) in [4.78, 5) is 30.9. The van der Waals surface area contributed by atoms with Gasteiger partial charge in [0.1, 0.15) is 5.75 Å². The van der Waals surface area contributed by atoms with Crippen LogP contribution in [0.2, 0.25) is 0 Å². The first kappa shape index (κ1) is 28.3. The summed E-state index contributed by atoms with van der Waals surface area (Å²) in [5.74, 6) is 0.888. The number of para-hydroxylation sites is 1. The second-order valence-corrected chi connectivity index (χ2v) is 12.6. The molecule has 0 spiro atoms. The molecule has 10 heteroatoms. The van der Waals surface area contributed by atoms with Crippen LogP contribution in [0.1, 0.15) is 54.9 Å². The van der Waals surface area contributed by atoms with Gasteiger partial charge >= 0.3 is 0 Å². The van der Waals surface area contributed by atoms with E-state index >= 15 is 0 Å². The SMILES string of the molecule is CCOc1ccccc1CN1CCC(CNC(=O)c2cc(=O)[nH]c3ccc(S(=O)(=O)N4CCCCC4)cc23)CC1. The number of likely N-dealkylation sites (tertiary alicyclic amines) is 1. The zero-order chi connectivity index (χ0) is 28.1. The number of aromatic nitrogens is 1. The third-order valence-corrected chi connectivity index (χ3v) is 9.83. The Hall–Kier alpha value is -3.21. The highest BCUT2D eigenvalue weighted by molar-refractivity contribution is 7.89. The van der Waals surface area contributed by atoms with E-state index in [4.69, 9.17) is 4.74 Å². The number of rotatable bonds is 9. The van der Waals surface area contributed by atoms with E-state index in [1.165, 1.54) is 28.1 Å². The molecule has 5 rings (SSSR count). The van der Waals surface area contributed by atoms with Crippen LogP contribution in [0.4, 0.5) is 0 Å². The van der Waals surface area contributed by atoms with Crippen LogP contribution in [0, 0.1) is 5.92 Å². The number of benzene rings is 2. The molecular formula is C30H38N4O5S. The summed E-state index contributed by atoms with van der Waals surface area (Å²) in [6.07, 6.45) is 4.60. The minimum atomic E-state index is -3.67. The number of hydrogen-bond acceptors (Lipinski definition) is 6. The van der Waals surface area contributed by atoms with E-state index in [-0.39, 0.29) is 16.4 Å². The van der Waals surface area contributed by atoms with Gasteiger partial charge in [0.2, 0.25) is 15.6 Å². The molecule has 0 aliphatic carbocycles. The number of ether oxygens (including phenoxy) is 1. The van der Waals surface area contributed by atoms with Crippen LogP contribution in [0.5, 0.6) is 5.75 Å². The number of carbonyl (C=O) groups is 1. The molecule has 2 aliphatic rings. The molecule has 1 amide bonds. The van der Waals surface area contributed by atoms with Gasteiger partial charge in [0.25, 0.3) is 5.91 Å². The summed E-state index contributed by atoms with van der Waals surface area (Å²) in [6.45, 7) is 6.80. The molecule has 0 bridgehead atoms. The van der Waals surface area contributed by atoms with Gasteiger partial charge in [-0.2, -0.15) is 4.31 Å². The number of nitrogens with zero attached hydrogens (tertiary/aromatic N) is 2. The Bertz CT molecular complexity index is 1510. The summed E-state index contributed by atoms with van der Waals surface area (Å²) in [6, 6.07) is 14.0. The largest absolute Gasteiger partial charge is 0.494 e. The second-order valence-electron chi connectivity index (χ2n) is 10.7. The van der Waals surface area contributed by atoms with Crippen molar-refractivity contribution in [3.63, 3.8) is 0 Å². The normalized spacial score (nSPS) is 17.6. The summed E-state index contributed by atoms with van der Waals surface area (Å²) < 4.78 is 33.8. The van der Waals surface area contributed by atoms with Crippen molar-refractivity contribution in [3.8, 4) is 5.75 Å². The van der Waals surface area contributed by atoms with Crippen molar-refractivity contribution in [2.24, 2.45) is 5.92 Å². The highest BCUT2D eigenvalue weighted by Crippen LogP contribution is 2.26. The fourth-order valence-corrected chi connectivity index (χ4v) is 7.23. The topological polar surface area (TPSA) is 112 Å². The highest BCUT2D eigenvalue weighted by Gasteiger charge is 2.27. The van der Waals surface area contributed by atoms with E-state index < -0.39 is 15.6 Å². The Morgan fingerprint density at radius 2 is 1.77 bits per heavy atom. The zero-order valence-corrected chi connectivity index (χ0v) is 23.8. The first-order valence-corrected chi connectivity index (χ1v) is 15.7. The Morgan fingerprint density at radius 3 is 2.52 bits per heavy atom. The van der Waals surface area contributed by atoms with Crippen molar-refractivity contribution in [2.45, 2.75) is 50.5 Å². The van der Waals surface area contributed by atoms with E-state index in [2.05, 4.69) is 21.3 Å². The number of pyridine rings is 1. The molecular weight excluding hydrogens is 528 g/mol. The number of fused-ring (bicyclic) bond motifs is 1. The lowest BCUT2D eigenvalue weighted by Crippen LogP contribution is -2.38. The monoisotopic (exact) mass is 566 g/mol. The molecule has 1 aromatic heterocycles. The number of carbonyl (C=O) groups excluding carboxylic acids is 1. The van der Waals surface area contributed by atoms with Gasteiger partial charge in [-0.3, -0.25) is 14.5 Å². The number of piperidine rings is 2. The molecule has 3 aromatic rings. The van der Waals surface area contributed by atoms with Crippen molar-refractivity contribution in [1.29, 1.82) is 0 Å². The van der Waals surface area contributed by atoms with Gasteiger partial charge in [-0.05, 0) is 75.9 Å². The third kappa shape index (κ3) is 6.40. The van der Waals surface area contributed by atoms with Crippen LogP contribution in [-0.2, 0) is 16.6 Å². The summed E-state index contributed by atoms with van der Waals surface area (Å²) >= 11 is 0. The Kier molecular flexibility index (Phi) is 8.87. The Labute approximate surface area is 235 Å². The minimum Gasteiger partial charge on any atom is -0.494 e. The van der Waals surface area contributed by atoms with Crippen LogP contribution in [0.25, 0.3) is 10.9 Å². The predicted molar refractivity (Wildman–Crippen MR) is 155 cm³/mol. The molecule has 0 atom stereocenters. The first-order chi connectivity index (χ1) is 19.3. The van der Waals surface area contributed by atoms with Crippen LogP contribution < -0.4 is 15.6 Å². The van der Waals surface area contributed by atoms with Crippen LogP contribution >= 0.6 is 0 Å². The smallest absolute Gasteiger partial charge is 0.252 e. The van der Waals surface area contributed by atoms with Crippen molar-refractivity contribution in [1.82, 2.24) is 19.5 Å². The van der Waals surface area contributed by atoms with Gasteiger partial charge in [-0.1, -0.05) is 24.6 Å². The fourth-order valence-electron chi connectivity index (χ4n) is 5.69. The quantitative estimate of drug-likeness (QED) is 0.408. The van der Waals surface area contributed by atoms with E-state index in [9.17, 15) is 18.0 Å². The molecule has 2 saturated heterocycles.